The lowest BCUT2D eigenvalue weighted by Gasteiger charge is -2.40. The second-order valence-electron chi connectivity index (χ2n) is 5.40. The summed E-state index contributed by atoms with van der Waals surface area (Å²) in [5.41, 5.74) is 0. The van der Waals surface area contributed by atoms with Crippen molar-refractivity contribution in [1.29, 1.82) is 0 Å². The average Bonchev–Trinajstić information content (AvgIpc) is 2.33. The third-order valence-electron chi connectivity index (χ3n) is 3.90. The number of likely N-dealkylation sites (tertiary alicyclic amines) is 2. The Morgan fingerprint density at radius 3 is 2.12 bits per heavy atom. The highest BCUT2D eigenvalue weighted by Gasteiger charge is 2.27. The second kappa shape index (κ2) is 8.06. The molecule has 0 aromatic rings. The van der Waals surface area contributed by atoms with Gasteiger partial charge in [0.05, 0.1) is 0 Å². The van der Waals surface area contributed by atoms with Gasteiger partial charge in [-0.2, -0.15) is 0 Å². The first-order valence-corrected chi connectivity index (χ1v) is 7.33. The van der Waals surface area contributed by atoms with E-state index in [0.29, 0.717) is 0 Å². The average molecular weight is 241 g/mol. The molecule has 17 heavy (non-hydrogen) atoms. The van der Waals surface area contributed by atoms with Crippen LogP contribution in [0.4, 0.5) is 0 Å². The summed E-state index contributed by atoms with van der Waals surface area (Å²) in [7, 11) is 4.27. The number of piperidine rings is 1. The van der Waals surface area contributed by atoms with Gasteiger partial charge in [0, 0.05) is 19.8 Å². The Labute approximate surface area is 108 Å². The SMILES string of the molecule is CC.CNCN1CCC(CC2CN(C)C2)CC1. The Morgan fingerprint density at radius 2 is 1.65 bits per heavy atom. The van der Waals surface area contributed by atoms with Gasteiger partial charge >= 0.3 is 0 Å². The van der Waals surface area contributed by atoms with Crippen LogP contribution in [0.15, 0.2) is 0 Å². The maximum atomic E-state index is 3.24. The van der Waals surface area contributed by atoms with E-state index in [4.69, 9.17) is 0 Å². The van der Waals surface area contributed by atoms with Gasteiger partial charge < -0.3 is 10.2 Å². The molecule has 2 rings (SSSR count). The van der Waals surface area contributed by atoms with Gasteiger partial charge in [-0.3, -0.25) is 4.90 Å². The molecule has 0 aliphatic carbocycles. The lowest BCUT2D eigenvalue weighted by Crippen LogP contribution is -2.46. The van der Waals surface area contributed by atoms with Crippen LogP contribution >= 0.6 is 0 Å². The van der Waals surface area contributed by atoms with Crippen molar-refractivity contribution in [2.45, 2.75) is 33.1 Å². The van der Waals surface area contributed by atoms with Crippen molar-refractivity contribution in [3.8, 4) is 0 Å². The zero-order valence-corrected chi connectivity index (χ0v) is 12.2. The molecule has 1 N–H and O–H groups in total. The normalized spacial score (nSPS) is 24.0. The quantitative estimate of drug-likeness (QED) is 0.810. The number of nitrogens with zero attached hydrogens (tertiary/aromatic N) is 2. The van der Waals surface area contributed by atoms with Crippen LogP contribution in [-0.2, 0) is 0 Å². The Hall–Kier alpha value is -0.120. The van der Waals surface area contributed by atoms with Gasteiger partial charge in [0.2, 0.25) is 0 Å². The molecule has 102 valence electrons. The van der Waals surface area contributed by atoms with E-state index in [1.807, 2.05) is 20.9 Å². The molecule has 0 radical (unpaired) electrons. The third-order valence-corrected chi connectivity index (χ3v) is 3.90. The number of hydrogen-bond acceptors (Lipinski definition) is 3. The van der Waals surface area contributed by atoms with Gasteiger partial charge in [-0.1, -0.05) is 13.8 Å². The predicted octanol–water partition coefficient (Wildman–Crippen LogP) is 1.85. The standard InChI is InChI=1S/C12H25N3.C2H6/c1-13-10-15-5-3-11(4-6-15)7-12-8-14(2)9-12;1-2/h11-13H,3-10H2,1-2H3;1-2H3. The van der Waals surface area contributed by atoms with E-state index in [2.05, 4.69) is 22.2 Å². The molecule has 2 saturated heterocycles. The van der Waals surface area contributed by atoms with Crippen LogP contribution in [0.25, 0.3) is 0 Å². The summed E-state index contributed by atoms with van der Waals surface area (Å²) in [6.45, 7) is 10.4. The van der Waals surface area contributed by atoms with Crippen molar-refractivity contribution < 1.29 is 0 Å². The van der Waals surface area contributed by atoms with Gasteiger partial charge in [-0.05, 0) is 58.3 Å². The minimum atomic E-state index is 1.01. The van der Waals surface area contributed by atoms with Crippen molar-refractivity contribution >= 4 is 0 Å². The molecule has 0 saturated carbocycles. The van der Waals surface area contributed by atoms with E-state index >= 15 is 0 Å². The van der Waals surface area contributed by atoms with Gasteiger partial charge in [0.1, 0.15) is 0 Å². The first-order valence-electron chi connectivity index (χ1n) is 7.33. The van der Waals surface area contributed by atoms with Crippen molar-refractivity contribution in [3.63, 3.8) is 0 Å². The molecule has 0 atom stereocenters. The van der Waals surface area contributed by atoms with E-state index in [0.717, 1.165) is 18.5 Å². The summed E-state index contributed by atoms with van der Waals surface area (Å²) in [4.78, 5) is 4.96. The number of nitrogens with one attached hydrogen (secondary N) is 1. The monoisotopic (exact) mass is 241 g/mol. The fourth-order valence-electron chi connectivity index (χ4n) is 3.05. The maximum Gasteiger partial charge on any atom is 0.0477 e. The van der Waals surface area contributed by atoms with E-state index in [9.17, 15) is 0 Å². The highest BCUT2D eigenvalue weighted by Crippen LogP contribution is 2.28. The fourth-order valence-corrected chi connectivity index (χ4v) is 3.05. The summed E-state index contributed by atoms with van der Waals surface area (Å²) in [6.07, 6.45) is 4.32. The lowest BCUT2D eigenvalue weighted by atomic mass is 9.84. The van der Waals surface area contributed by atoms with Crippen LogP contribution in [0, 0.1) is 11.8 Å². The zero-order valence-electron chi connectivity index (χ0n) is 12.2. The molecule has 2 aliphatic rings. The molecule has 0 aromatic carbocycles. The second-order valence-corrected chi connectivity index (χ2v) is 5.40. The smallest absolute Gasteiger partial charge is 0.0477 e. The van der Waals surface area contributed by atoms with Crippen LogP contribution < -0.4 is 5.32 Å². The molecule has 0 amide bonds. The molecule has 2 heterocycles. The molecule has 3 nitrogen and oxygen atoms in total. The minimum Gasteiger partial charge on any atom is -0.307 e. The van der Waals surface area contributed by atoms with E-state index in [1.54, 1.807) is 0 Å². The summed E-state index contributed by atoms with van der Waals surface area (Å²) < 4.78 is 0. The molecular weight excluding hydrogens is 210 g/mol. The van der Waals surface area contributed by atoms with Crippen molar-refractivity contribution in [2.24, 2.45) is 11.8 Å². The maximum absolute atomic E-state index is 3.24. The molecule has 2 fully saturated rings. The van der Waals surface area contributed by atoms with Crippen molar-refractivity contribution in [1.82, 2.24) is 15.1 Å². The number of rotatable bonds is 4. The van der Waals surface area contributed by atoms with Crippen LogP contribution in [0.2, 0.25) is 0 Å². The van der Waals surface area contributed by atoms with Gasteiger partial charge in [-0.25, -0.2) is 0 Å². The first kappa shape index (κ1) is 14.9. The first-order chi connectivity index (χ1) is 8.28. The van der Waals surface area contributed by atoms with Crippen LogP contribution in [0.5, 0.6) is 0 Å². The summed E-state index contributed by atoms with van der Waals surface area (Å²) in [6, 6.07) is 0. The van der Waals surface area contributed by atoms with Crippen molar-refractivity contribution in [3.05, 3.63) is 0 Å². The Balaban J connectivity index is 0.000000686. The van der Waals surface area contributed by atoms with E-state index in [-0.39, 0.29) is 0 Å². The molecule has 0 spiro atoms. The summed E-state index contributed by atoms with van der Waals surface area (Å²) >= 11 is 0. The minimum absolute atomic E-state index is 1.01. The molecule has 2 aliphatic heterocycles. The molecule has 0 bridgehead atoms. The predicted molar refractivity (Wildman–Crippen MR) is 75.2 cm³/mol. The Kier molecular flexibility index (Phi) is 7.09. The molecule has 0 unspecified atom stereocenters. The Bertz CT molecular complexity index is 182. The molecule has 3 heteroatoms. The van der Waals surface area contributed by atoms with Crippen LogP contribution in [0.1, 0.15) is 33.1 Å². The van der Waals surface area contributed by atoms with Gasteiger partial charge in [-0.15, -0.1) is 0 Å². The third kappa shape index (κ3) is 4.94. The van der Waals surface area contributed by atoms with Gasteiger partial charge in [0.25, 0.3) is 0 Å². The van der Waals surface area contributed by atoms with Crippen LogP contribution in [0.3, 0.4) is 0 Å². The highest BCUT2D eigenvalue weighted by molar-refractivity contribution is 4.81. The van der Waals surface area contributed by atoms with E-state index in [1.165, 1.54) is 45.4 Å². The molecular formula is C14H31N3. The Morgan fingerprint density at radius 1 is 1.06 bits per heavy atom. The van der Waals surface area contributed by atoms with Crippen LogP contribution in [-0.4, -0.2) is 56.7 Å². The summed E-state index contributed by atoms with van der Waals surface area (Å²) in [5, 5.41) is 3.24. The topological polar surface area (TPSA) is 18.5 Å². The molecule has 0 aromatic heterocycles. The number of hydrogen-bond donors (Lipinski definition) is 1. The lowest BCUT2D eigenvalue weighted by molar-refractivity contribution is 0.0880. The van der Waals surface area contributed by atoms with Crippen molar-refractivity contribution in [2.75, 3.05) is 46.9 Å². The van der Waals surface area contributed by atoms with E-state index < -0.39 is 0 Å². The zero-order chi connectivity index (χ0) is 12.7. The van der Waals surface area contributed by atoms with Gasteiger partial charge in [0.15, 0.2) is 0 Å². The largest absolute Gasteiger partial charge is 0.307 e. The fraction of sp³-hybridized carbons (Fsp3) is 1.00. The highest BCUT2D eigenvalue weighted by atomic mass is 15.2. The summed E-state index contributed by atoms with van der Waals surface area (Å²) in [5.74, 6) is 2.02.